The number of benzene rings is 2. The van der Waals surface area contributed by atoms with Gasteiger partial charge in [-0.25, -0.2) is 19.4 Å². The lowest BCUT2D eigenvalue weighted by atomic mass is 10.2. The van der Waals surface area contributed by atoms with Gasteiger partial charge in [-0.3, -0.25) is 10.6 Å². The molecular formula is C26H34N4O7. The molecule has 0 unspecified atom stereocenters. The lowest BCUT2D eigenvalue weighted by molar-refractivity contribution is 0.0544. The largest absolute Gasteiger partial charge is 0.492 e. The third-order valence-corrected chi connectivity index (χ3v) is 4.00. The number of alkyl carbamates (subject to hydrolysis) is 2. The van der Waals surface area contributed by atoms with Crippen LogP contribution >= 0.6 is 0 Å². The van der Waals surface area contributed by atoms with E-state index in [9.17, 15) is 14.4 Å². The zero-order valence-electron chi connectivity index (χ0n) is 21.9. The van der Waals surface area contributed by atoms with E-state index >= 15 is 0 Å². The van der Waals surface area contributed by atoms with Gasteiger partial charge in [-0.2, -0.15) is 0 Å². The Bertz CT molecular complexity index is 1070. The van der Waals surface area contributed by atoms with Crippen LogP contribution in [0.25, 0.3) is 0 Å². The fraction of sp³-hybridized carbons (Fsp3) is 0.385. The highest BCUT2D eigenvalue weighted by Crippen LogP contribution is 2.20. The Morgan fingerprint density at radius 2 is 1.27 bits per heavy atom. The van der Waals surface area contributed by atoms with Gasteiger partial charge in [0.2, 0.25) is 5.96 Å². The topological polar surface area (TPSA) is 151 Å². The van der Waals surface area contributed by atoms with E-state index in [0.29, 0.717) is 30.2 Å². The standard InChI is InChI=1S/C26H34N4O7/c1-25(2,3)36-23(32)29-22(30-24(33)37-26(4,5)6)28-18-9-13-20(14-10-18)35-21(31)17-7-11-19(12-8-17)34-16-15-27/h7-14H,15-16,27H2,1-6H3,(H2,28,29,30,32,33). The van der Waals surface area contributed by atoms with Gasteiger partial charge in [-0.1, -0.05) is 0 Å². The molecule has 0 heterocycles. The summed E-state index contributed by atoms with van der Waals surface area (Å²) in [6.07, 6.45) is -1.63. The van der Waals surface area contributed by atoms with Crippen molar-refractivity contribution in [3.05, 3.63) is 54.1 Å². The molecule has 0 saturated carbocycles. The molecule has 0 aliphatic rings. The Hall–Kier alpha value is -4.12. The maximum absolute atomic E-state index is 12.4. The van der Waals surface area contributed by atoms with Gasteiger partial charge in [0.25, 0.3) is 0 Å². The first-order valence-corrected chi connectivity index (χ1v) is 11.6. The molecular weight excluding hydrogens is 480 g/mol. The highest BCUT2D eigenvalue weighted by molar-refractivity contribution is 6.02. The van der Waals surface area contributed by atoms with Crippen molar-refractivity contribution in [2.24, 2.45) is 10.7 Å². The third-order valence-electron chi connectivity index (χ3n) is 4.00. The summed E-state index contributed by atoms with van der Waals surface area (Å²) in [7, 11) is 0. The van der Waals surface area contributed by atoms with E-state index in [1.807, 2.05) is 0 Å². The Kier molecular flexibility index (Phi) is 10.0. The van der Waals surface area contributed by atoms with Crippen LogP contribution in [0.5, 0.6) is 11.5 Å². The summed E-state index contributed by atoms with van der Waals surface area (Å²) in [5.74, 6) is 0.111. The van der Waals surface area contributed by atoms with Crippen LogP contribution < -0.4 is 25.8 Å². The number of amides is 2. The summed E-state index contributed by atoms with van der Waals surface area (Å²) in [4.78, 5) is 41.1. The van der Waals surface area contributed by atoms with Crippen molar-refractivity contribution in [1.82, 2.24) is 10.6 Å². The van der Waals surface area contributed by atoms with E-state index in [0.717, 1.165) is 0 Å². The number of hydrogen-bond donors (Lipinski definition) is 3. The predicted octanol–water partition coefficient (Wildman–Crippen LogP) is 4.28. The van der Waals surface area contributed by atoms with Crippen LogP contribution in [0.1, 0.15) is 51.9 Å². The van der Waals surface area contributed by atoms with Crippen molar-refractivity contribution in [3.63, 3.8) is 0 Å². The Morgan fingerprint density at radius 1 is 0.784 bits per heavy atom. The zero-order valence-corrected chi connectivity index (χ0v) is 21.9. The Labute approximate surface area is 216 Å². The minimum atomic E-state index is -0.813. The molecule has 11 nitrogen and oxygen atoms in total. The van der Waals surface area contributed by atoms with Crippen LogP contribution in [-0.4, -0.2) is 48.5 Å². The SMILES string of the molecule is CC(C)(C)OC(=O)NC(=Nc1ccc(OC(=O)c2ccc(OCCN)cc2)cc1)NC(=O)OC(C)(C)C. The summed E-state index contributed by atoms with van der Waals surface area (Å²) in [6, 6.07) is 12.6. The number of hydrogen-bond acceptors (Lipinski definition) is 9. The second-order valence-electron chi connectivity index (χ2n) is 9.76. The van der Waals surface area contributed by atoms with E-state index < -0.39 is 29.4 Å². The van der Waals surface area contributed by atoms with Crippen molar-refractivity contribution >= 4 is 29.8 Å². The summed E-state index contributed by atoms with van der Waals surface area (Å²) in [5, 5.41) is 4.80. The summed E-state index contributed by atoms with van der Waals surface area (Å²) in [6.45, 7) is 11.0. The van der Waals surface area contributed by atoms with Crippen molar-refractivity contribution < 1.29 is 33.3 Å². The number of carbonyl (C=O) groups is 3. The molecule has 0 bridgehead atoms. The molecule has 200 valence electrons. The third kappa shape index (κ3) is 11.4. The predicted molar refractivity (Wildman–Crippen MR) is 138 cm³/mol. The number of nitrogens with one attached hydrogen (secondary N) is 2. The van der Waals surface area contributed by atoms with Crippen LogP contribution in [0.2, 0.25) is 0 Å². The number of rotatable bonds is 6. The minimum Gasteiger partial charge on any atom is -0.492 e. The average molecular weight is 515 g/mol. The van der Waals surface area contributed by atoms with E-state index in [-0.39, 0.29) is 11.7 Å². The molecule has 11 heteroatoms. The molecule has 0 aliphatic carbocycles. The van der Waals surface area contributed by atoms with Crippen LogP contribution in [0.15, 0.2) is 53.5 Å². The van der Waals surface area contributed by atoms with Crippen molar-refractivity contribution in [3.8, 4) is 11.5 Å². The average Bonchev–Trinajstić information content (AvgIpc) is 2.76. The minimum absolute atomic E-state index is 0.204. The maximum Gasteiger partial charge on any atom is 0.414 e. The Morgan fingerprint density at radius 3 is 1.73 bits per heavy atom. The van der Waals surface area contributed by atoms with Gasteiger partial charge in [0.05, 0.1) is 11.3 Å². The molecule has 0 saturated heterocycles. The highest BCUT2D eigenvalue weighted by Gasteiger charge is 2.21. The normalized spacial score (nSPS) is 11.1. The number of guanidine groups is 1. The van der Waals surface area contributed by atoms with Gasteiger partial charge in [0.15, 0.2) is 0 Å². The molecule has 37 heavy (non-hydrogen) atoms. The van der Waals surface area contributed by atoms with Gasteiger partial charge < -0.3 is 24.7 Å². The van der Waals surface area contributed by atoms with Gasteiger partial charge in [-0.05, 0) is 90.1 Å². The second kappa shape index (κ2) is 12.7. The van der Waals surface area contributed by atoms with Crippen LogP contribution in [0.4, 0.5) is 15.3 Å². The first-order valence-electron chi connectivity index (χ1n) is 11.6. The molecule has 2 rings (SSSR count). The summed E-state index contributed by atoms with van der Waals surface area (Å²) < 4.78 is 21.2. The lowest BCUT2D eigenvalue weighted by Gasteiger charge is -2.22. The van der Waals surface area contributed by atoms with Crippen LogP contribution in [0.3, 0.4) is 0 Å². The fourth-order valence-electron chi connectivity index (χ4n) is 2.64. The Balaban J connectivity index is 2.12. The molecule has 2 aromatic rings. The van der Waals surface area contributed by atoms with E-state index in [4.69, 9.17) is 24.7 Å². The number of esters is 1. The maximum atomic E-state index is 12.4. The molecule has 0 aliphatic heterocycles. The first-order chi connectivity index (χ1) is 17.2. The molecule has 0 radical (unpaired) electrons. The molecule has 0 spiro atoms. The first kappa shape index (κ1) is 29.1. The summed E-state index contributed by atoms with van der Waals surface area (Å²) >= 11 is 0. The number of aliphatic imine (C=N–C) groups is 1. The fourth-order valence-corrected chi connectivity index (χ4v) is 2.64. The van der Waals surface area contributed by atoms with Gasteiger partial charge in [0, 0.05) is 6.54 Å². The van der Waals surface area contributed by atoms with Crippen molar-refractivity contribution in [1.29, 1.82) is 0 Å². The van der Waals surface area contributed by atoms with Crippen LogP contribution in [0, 0.1) is 0 Å². The molecule has 0 atom stereocenters. The van der Waals surface area contributed by atoms with E-state index in [1.54, 1.807) is 77.9 Å². The van der Waals surface area contributed by atoms with Crippen molar-refractivity contribution in [2.45, 2.75) is 52.7 Å². The van der Waals surface area contributed by atoms with Gasteiger partial charge in [-0.15, -0.1) is 0 Å². The summed E-state index contributed by atoms with van der Waals surface area (Å²) in [5.41, 5.74) is 4.58. The van der Waals surface area contributed by atoms with Gasteiger partial charge >= 0.3 is 18.2 Å². The molecule has 0 fully saturated rings. The van der Waals surface area contributed by atoms with Crippen LogP contribution in [-0.2, 0) is 9.47 Å². The smallest absolute Gasteiger partial charge is 0.414 e. The molecule has 4 N–H and O–H groups in total. The lowest BCUT2D eigenvalue weighted by Crippen LogP contribution is -2.47. The molecule has 2 aromatic carbocycles. The number of nitrogens with two attached hydrogens (primary N) is 1. The highest BCUT2D eigenvalue weighted by atomic mass is 16.6. The number of carbonyl (C=O) groups excluding carboxylic acids is 3. The van der Waals surface area contributed by atoms with E-state index in [2.05, 4.69) is 15.6 Å². The zero-order chi connectivity index (χ0) is 27.6. The quantitative estimate of drug-likeness (QED) is 0.224. The number of nitrogens with zero attached hydrogens (tertiary/aromatic N) is 1. The number of ether oxygens (including phenoxy) is 4. The monoisotopic (exact) mass is 514 g/mol. The van der Waals surface area contributed by atoms with E-state index in [1.165, 1.54) is 12.1 Å². The van der Waals surface area contributed by atoms with Crippen molar-refractivity contribution in [2.75, 3.05) is 13.2 Å². The molecule has 0 aromatic heterocycles. The molecule has 2 amide bonds. The second-order valence-corrected chi connectivity index (χ2v) is 9.76. The van der Waals surface area contributed by atoms with Gasteiger partial charge in [0.1, 0.15) is 29.3 Å².